The van der Waals surface area contributed by atoms with E-state index < -0.39 is 0 Å². The van der Waals surface area contributed by atoms with Crippen molar-refractivity contribution in [1.29, 1.82) is 0 Å². The topological polar surface area (TPSA) is 48.1 Å². The molecular formula is C17H15FN2O. The molecule has 3 aromatic rings. The van der Waals surface area contributed by atoms with E-state index in [0.717, 1.165) is 16.5 Å². The van der Waals surface area contributed by atoms with E-state index in [1.54, 1.807) is 12.3 Å². The minimum atomic E-state index is -0.308. The van der Waals surface area contributed by atoms with Gasteiger partial charge in [-0.1, -0.05) is 18.2 Å². The molecule has 2 N–H and O–H groups in total. The maximum Gasteiger partial charge on any atom is 0.124 e. The Hall–Kier alpha value is -2.46. The van der Waals surface area contributed by atoms with E-state index >= 15 is 0 Å². The normalized spacial score (nSPS) is 10.8. The summed E-state index contributed by atoms with van der Waals surface area (Å²) < 4.78 is 19.0. The fraction of sp³-hybridized carbons (Fsp3) is 0.118. The number of hydrogen-bond acceptors (Lipinski definition) is 3. The second kappa shape index (κ2) is 5.89. The van der Waals surface area contributed by atoms with Crippen molar-refractivity contribution in [3.8, 4) is 5.75 Å². The number of ether oxygens (including phenoxy) is 1. The number of hydrogen-bond donors (Lipinski definition) is 1. The van der Waals surface area contributed by atoms with Crippen molar-refractivity contribution in [3.63, 3.8) is 0 Å². The highest BCUT2D eigenvalue weighted by atomic mass is 19.1. The third kappa shape index (κ3) is 2.85. The summed E-state index contributed by atoms with van der Waals surface area (Å²) in [5, 5.41) is 1.05. The fourth-order valence-corrected chi connectivity index (χ4v) is 2.28. The third-order valence-corrected chi connectivity index (χ3v) is 3.36. The predicted octanol–water partition coefficient (Wildman–Crippen LogP) is 3.41. The van der Waals surface area contributed by atoms with Gasteiger partial charge in [-0.15, -0.1) is 0 Å². The first-order valence-corrected chi connectivity index (χ1v) is 6.72. The van der Waals surface area contributed by atoms with Crippen LogP contribution in [0.1, 0.15) is 11.1 Å². The largest absolute Gasteiger partial charge is 0.489 e. The Morgan fingerprint density at radius 3 is 2.76 bits per heavy atom. The number of aromatic nitrogens is 1. The zero-order chi connectivity index (χ0) is 14.7. The first-order chi connectivity index (χ1) is 10.3. The highest BCUT2D eigenvalue weighted by molar-refractivity contribution is 5.81. The van der Waals surface area contributed by atoms with Crippen LogP contribution in [0.4, 0.5) is 4.39 Å². The number of fused-ring (bicyclic) bond motifs is 1. The average molecular weight is 282 g/mol. The summed E-state index contributed by atoms with van der Waals surface area (Å²) in [5.74, 6) is 0.303. The minimum absolute atomic E-state index is 0.240. The Kier molecular flexibility index (Phi) is 3.79. The van der Waals surface area contributed by atoms with Crippen LogP contribution < -0.4 is 10.5 Å². The first kappa shape index (κ1) is 13.5. The molecule has 0 amide bonds. The number of benzene rings is 2. The first-order valence-electron chi connectivity index (χ1n) is 6.72. The van der Waals surface area contributed by atoms with Crippen molar-refractivity contribution >= 4 is 10.9 Å². The monoisotopic (exact) mass is 282 g/mol. The number of pyridine rings is 1. The van der Waals surface area contributed by atoms with Crippen molar-refractivity contribution in [1.82, 2.24) is 4.98 Å². The number of halogens is 1. The van der Waals surface area contributed by atoms with Crippen LogP contribution in [0.15, 0.2) is 54.7 Å². The number of rotatable bonds is 4. The van der Waals surface area contributed by atoms with Gasteiger partial charge in [0.05, 0.1) is 5.52 Å². The molecule has 0 aliphatic heterocycles. The van der Waals surface area contributed by atoms with E-state index in [4.69, 9.17) is 10.5 Å². The minimum Gasteiger partial charge on any atom is -0.489 e. The van der Waals surface area contributed by atoms with Gasteiger partial charge in [0.15, 0.2) is 0 Å². The van der Waals surface area contributed by atoms with Crippen LogP contribution in [0.25, 0.3) is 10.9 Å². The maximum absolute atomic E-state index is 13.2. The Balaban J connectivity index is 1.87. The molecular weight excluding hydrogens is 267 g/mol. The zero-order valence-electron chi connectivity index (χ0n) is 11.4. The molecule has 0 aliphatic carbocycles. The molecule has 3 nitrogen and oxygen atoms in total. The smallest absolute Gasteiger partial charge is 0.124 e. The highest BCUT2D eigenvalue weighted by Gasteiger charge is 2.06. The Morgan fingerprint density at radius 2 is 1.90 bits per heavy atom. The molecule has 3 rings (SSSR count). The third-order valence-electron chi connectivity index (χ3n) is 3.36. The molecule has 1 aromatic heterocycles. The van der Waals surface area contributed by atoms with Crippen LogP contribution >= 0.6 is 0 Å². The molecule has 1 heterocycles. The van der Waals surface area contributed by atoms with Crippen molar-refractivity contribution in [2.75, 3.05) is 0 Å². The summed E-state index contributed by atoms with van der Waals surface area (Å²) in [6, 6.07) is 14.2. The van der Waals surface area contributed by atoms with E-state index in [1.807, 2.05) is 30.3 Å². The molecule has 0 bridgehead atoms. The molecule has 21 heavy (non-hydrogen) atoms. The molecule has 106 valence electrons. The van der Waals surface area contributed by atoms with E-state index in [1.165, 1.54) is 12.1 Å². The SMILES string of the molecule is NCc1cc(F)ccc1OCc1ccnc2ccccc12. The van der Waals surface area contributed by atoms with Crippen molar-refractivity contribution in [3.05, 3.63) is 71.7 Å². The van der Waals surface area contributed by atoms with Gasteiger partial charge in [-0.05, 0) is 30.3 Å². The lowest BCUT2D eigenvalue weighted by molar-refractivity contribution is 0.304. The molecule has 0 saturated carbocycles. The number of para-hydroxylation sites is 1. The number of nitrogens with zero attached hydrogens (tertiary/aromatic N) is 1. The predicted molar refractivity (Wildman–Crippen MR) is 80.4 cm³/mol. The molecule has 4 heteroatoms. The summed E-state index contributed by atoms with van der Waals surface area (Å²) in [4.78, 5) is 4.32. The molecule has 0 aliphatic rings. The molecule has 0 saturated heterocycles. The van der Waals surface area contributed by atoms with E-state index in [2.05, 4.69) is 4.98 Å². The van der Waals surface area contributed by atoms with Crippen LogP contribution in [-0.4, -0.2) is 4.98 Å². The lowest BCUT2D eigenvalue weighted by Gasteiger charge is -2.12. The molecule has 0 atom stereocenters. The summed E-state index contributed by atoms with van der Waals surface area (Å²) in [6.07, 6.45) is 1.76. The summed E-state index contributed by atoms with van der Waals surface area (Å²) in [7, 11) is 0. The van der Waals surface area contributed by atoms with Gasteiger partial charge in [0, 0.05) is 29.3 Å². The lowest BCUT2D eigenvalue weighted by Crippen LogP contribution is -2.03. The molecule has 0 fully saturated rings. The van der Waals surface area contributed by atoms with Crippen molar-refractivity contribution < 1.29 is 9.13 Å². The van der Waals surface area contributed by atoms with E-state index in [9.17, 15) is 4.39 Å². The summed E-state index contributed by atoms with van der Waals surface area (Å²) in [6.45, 7) is 0.631. The van der Waals surface area contributed by atoms with Gasteiger partial charge in [-0.25, -0.2) is 4.39 Å². The van der Waals surface area contributed by atoms with Crippen molar-refractivity contribution in [2.45, 2.75) is 13.2 Å². The average Bonchev–Trinajstić information content (AvgIpc) is 2.53. The molecule has 0 unspecified atom stereocenters. The van der Waals surface area contributed by atoms with E-state index in [0.29, 0.717) is 17.9 Å². The maximum atomic E-state index is 13.2. The van der Waals surface area contributed by atoms with Gasteiger partial charge < -0.3 is 10.5 Å². The molecule has 2 aromatic carbocycles. The molecule has 0 spiro atoms. The zero-order valence-corrected chi connectivity index (χ0v) is 11.4. The van der Waals surface area contributed by atoms with Crippen LogP contribution in [-0.2, 0) is 13.2 Å². The van der Waals surface area contributed by atoms with Gasteiger partial charge in [0.25, 0.3) is 0 Å². The van der Waals surface area contributed by atoms with Gasteiger partial charge in [-0.2, -0.15) is 0 Å². The Morgan fingerprint density at radius 1 is 1.05 bits per heavy atom. The Bertz CT molecular complexity index is 768. The summed E-state index contributed by atoms with van der Waals surface area (Å²) >= 11 is 0. The standard InChI is InChI=1S/C17H15FN2O/c18-14-5-6-17(13(9-14)10-19)21-11-12-7-8-20-16-4-2-1-3-15(12)16/h1-9H,10-11,19H2. The second-order valence-electron chi connectivity index (χ2n) is 4.73. The van der Waals surface area contributed by atoms with Crippen LogP contribution in [0.2, 0.25) is 0 Å². The van der Waals surface area contributed by atoms with Gasteiger partial charge >= 0.3 is 0 Å². The van der Waals surface area contributed by atoms with Crippen LogP contribution in [0.5, 0.6) is 5.75 Å². The quantitative estimate of drug-likeness (QED) is 0.797. The molecule has 0 radical (unpaired) electrons. The summed E-state index contributed by atoms with van der Waals surface area (Å²) in [5.41, 5.74) is 8.25. The van der Waals surface area contributed by atoms with Gasteiger partial charge in [-0.3, -0.25) is 4.98 Å². The van der Waals surface area contributed by atoms with Crippen LogP contribution in [0.3, 0.4) is 0 Å². The van der Waals surface area contributed by atoms with Crippen molar-refractivity contribution in [2.24, 2.45) is 5.73 Å². The van der Waals surface area contributed by atoms with Gasteiger partial charge in [0.2, 0.25) is 0 Å². The number of nitrogens with two attached hydrogens (primary N) is 1. The van der Waals surface area contributed by atoms with E-state index in [-0.39, 0.29) is 12.4 Å². The second-order valence-corrected chi connectivity index (χ2v) is 4.73. The lowest BCUT2D eigenvalue weighted by atomic mass is 10.1. The van der Waals surface area contributed by atoms with Crippen LogP contribution in [0, 0.1) is 5.82 Å². The highest BCUT2D eigenvalue weighted by Crippen LogP contribution is 2.22. The fourth-order valence-electron chi connectivity index (χ4n) is 2.28. The van der Waals surface area contributed by atoms with Gasteiger partial charge in [0.1, 0.15) is 18.2 Å². The Labute approximate surface area is 122 Å².